The Bertz CT molecular complexity index is 590. The number of anilines is 1. The van der Waals surface area contributed by atoms with Crippen molar-refractivity contribution in [3.8, 4) is 11.3 Å². The Hall–Kier alpha value is -1.00. The summed E-state index contributed by atoms with van der Waals surface area (Å²) in [6, 6.07) is 5.70. The quantitative estimate of drug-likeness (QED) is 0.897. The second-order valence-corrected chi connectivity index (χ2v) is 5.81. The van der Waals surface area contributed by atoms with E-state index < -0.39 is 0 Å². The van der Waals surface area contributed by atoms with E-state index in [2.05, 4.69) is 34.8 Å². The Labute approximate surface area is 120 Å². The van der Waals surface area contributed by atoms with Gasteiger partial charge >= 0.3 is 0 Å². The average Bonchev–Trinajstić information content (AvgIpc) is 2.60. The average molecular weight is 329 g/mol. The largest absolute Gasteiger partial charge is 0.383 e. The topological polar surface area (TPSA) is 43.8 Å². The molecule has 2 aromatic rings. The molecule has 1 aromatic heterocycles. The lowest BCUT2D eigenvalue weighted by molar-refractivity contribution is 0.715. The molecular formula is C13H15BrClN3. The molecule has 0 saturated heterocycles. The summed E-state index contributed by atoms with van der Waals surface area (Å²) in [6.45, 7) is 4.20. The number of aromatic nitrogens is 2. The van der Waals surface area contributed by atoms with Gasteiger partial charge in [0.1, 0.15) is 17.3 Å². The van der Waals surface area contributed by atoms with E-state index in [0.29, 0.717) is 16.8 Å². The Kier molecular flexibility index (Phi) is 3.69. The van der Waals surface area contributed by atoms with Crippen molar-refractivity contribution in [2.75, 3.05) is 5.73 Å². The lowest BCUT2D eigenvalue weighted by Gasteiger charge is -2.04. The fourth-order valence-electron chi connectivity index (χ4n) is 1.90. The van der Waals surface area contributed by atoms with Crippen molar-refractivity contribution in [2.24, 2.45) is 7.05 Å². The van der Waals surface area contributed by atoms with E-state index in [-0.39, 0.29) is 0 Å². The van der Waals surface area contributed by atoms with E-state index in [1.54, 1.807) is 0 Å². The van der Waals surface area contributed by atoms with Crippen LogP contribution in [-0.2, 0) is 7.05 Å². The maximum absolute atomic E-state index is 6.11. The first kappa shape index (κ1) is 13.4. The molecule has 0 amide bonds. The molecule has 0 saturated carbocycles. The molecule has 5 heteroatoms. The van der Waals surface area contributed by atoms with Crippen molar-refractivity contribution < 1.29 is 0 Å². The van der Waals surface area contributed by atoms with Crippen molar-refractivity contribution in [1.82, 2.24) is 9.55 Å². The van der Waals surface area contributed by atoms with Gasteiger partial charge in [0.2, 0.25) is 0 Å². The number of imidazole rings is 1. The van der Waals surface area contributed by atoms with Gasteiger partial charge in [-0.25, -0.2) is 4.98 Å². The molecular weight excluding hydrogens is 314 g/mol. The molecule has 0 radical (unpaired) electrons. The molecule has 0 bridgehead atoms. The second kappa shape index (κ2) is 4.94. The first-order chi connectivity index (χ1) is 8.41. The summed E-state index contributed by atoms with van der Waals surface area (Å²) >= 11 is 9.41. The molecule has 0 aliphatic heterocycles. The van der Waals surface area contributed by atoms with Crippen molar-refractivity contribution in [1.29, 1.82) is 0 Å². The van der Waals surface area contributed by atoms with E-state index in [9.17, 15) is 0 Å². The zero-order chi connectivity index (χ0) is 13.4. The summed E-state index contributed by atoms with van der Waals surface area (Å²) in [4.78, 5) is 4.62. The lowest BCUT2D eigenvalue weighted by Crippen LogP contribution is -2.02. The van der Waals surface area contributed by atoms with Gasteiger partial charge in [-0.1, -0.05) is 31.5 Å². The molecule has 0 atom stereocenters. The van der Waals surface area contributed by atoms with Crippen LogP contribution in [0.4, 0.5) is 5.82 Å². The Morgan fingerprint density at radius 3 is 2.56 bits per heavy atom. The van der Waals surface area contributed by atoms with Crippen molar-refractivity contribution in [3.63, 3.8) is 0 Å². The number of nitrogens with two attached hydrogens (primary N) is 1. The van der Waals surface area contributed by atoms with Gasteiger partial charge in [-0.15, -0.1) is 0 Å². The molecule has 0 spiro atoms. The minimum Gasteiger partial charge on any atom is -0.383 e. The van der Waals surface area contributed by atoms with Gasteiger partial charge in [0, 0.05) is 23.0 Å². The molecule has 2 N–H and O–H groups in total. The fraction of sp³-hybridized carbons (Fsp3) is 0.308. The van der Waals surface area contributed by atoms with Gasteiger partial charge in [0.25, 0.3) is 0 Å². The molecule has 0 aliphatic carbocycles. The molecule has 3 nitrogen and oxygen atoms in total. The third-order valence-corrected chi connectivity index (χ3v) is 4.10. The van der Waals surface area contributed by atoms with Crippen LogP contribution in [0.1, 0.15) is 25.6 Å². The maximum Gasteiger partial charge on any atom is 0.131 e. The van der Waals surface area contributed by atoms with Crippen molar-refractivity contribution in [3.05, 3.63) is 33.5 Å². The Morgan fingerprint density at radius 2 is 2.06 bits per heavy atom. The van der Waals surface area contributed by atoms with Crippen LogP contribution in [0, 0.1) is 0 Å². The van der Waals surface area contributed by atoms with Gasteiger partial charge in [-0.3, -0.25) is 0 Å². The van der Waals surface area contributed by atoms with E-state index in [0.717, 1.165) is 21.6 Å². The normalized spacial score (nSPS) is 11.2. The van der Waals surface area contributed by atoms with E-state index in [1.807, 2.05) is 29.8 Å². The van der Waals surface area contributed by atoms with E-state index in [1.165, 1.54) is 0 Å². The molecule has 1 heterocycles. The number of benzene rings is 1. The third kappa shape index (κ3) is 2.27. The third-order valence-electron chi connectivity index (χ3n) is 2.88. The molecule has 0 fully saturated rings. The van der Waals surface area contributed by atoms with Crippen LogP contribution < -0.4 is 5.73 Å². The molecule has 2 rings (SSSR count). The minimum absolute atomic E-state index is 0.335. The molecule has 0 aliphatic rings. The van der Waals surface area contributed by atoms with Crippen LogP contribution in [0.3, 0.4) is 0 Å². The summed E-state index contributed by atoms with van der Waals surface area (Å²) < 4.78 is 2.78. The molecule has 18 heavy (non-hydrogen) atoms. The standard InChI is InChI=1S/C13H15BrClN3/c1-7(2)13-17-11(12(16)18(13)3)8-4-5-10(15)9(14)6-8/h4-7H,16H2,1-3H3. The van der Waals surface area contributed by atoms with Gasteiger partial charge in [-0.05, 0) is 28.1 Å². The van der Waals surface area contributed by atoms with Gasteiger partial charge in [-0.2, -0.15) is 0 Å². The highest BCUT2D eigenvalue weighted by atomic mass is 79.9. The van der Waals surface area contributed by atoms with Gasteiger partial charge in [0.15, 0.2) is 0 Å². The maximum atomic E-state index is 6.11. The number of halogens is 2. The van der Waals surface area contributed by atoms with Crippen LogP contribution in [-0.4, -0.2) is 9.55 Å². The summed E-state index contributed by atoms with van der Waals surface area (Å²) in [5.74, 6) is 1.99. The molecule has 96 valence electrons. The lowest BCUT2D eigenvalue weighted by atomic mass is 10.1. The zero-order valence-electron chi connectivity index (χ0n) is 10.5. The molecule has 1 aromatic carbocycles. The summed E-state index contributed by atoms with van der Waals surface area (Å²) in [7, 11) is 1.94. The zero-order valence-corrected chi connectivity index (χ0v) is 12.9. The predicted molar refractivity (Wildman–Crippen MR) is 79.9 cm³/mol. The van der Waals surface area contributed by atoms with E-state index in [4.69, 9.17) is 17.3 Å². The molecule has 0 unspecified atom stereocenters. The number of rotatable bonds is 2. The van der Waals surface area contributed by atoms with Crippen LogP contribution in [0.5, 0.6) is 0 Å². The first-order valence-electron chi connectivity index (χ1n) is 5.69. The minimum atomic E-state index is 0.335. The summed E-state index contributed by atoms with van der Waals surface area (Å²) in [5.41, 5.74) is 7.88. The number of nitrogens with zero attached hydrogens (tertiary/aromatic N) is 2. The Balaban J connectivity index is 2.57. The SMILES string of the molecule is CC(C)c1nc(-c2ccc(Cl)c(Br)c2)c(N)n1C. The van der Waals surface area contributed by atoms with Crippen LogP contribution in [0.15, 0.2) is 22.7 Å². The van der Waals surface area contributed by atoms with Gasteiger partial charge < -0.3 is 10.3 Å². The van der Waals surface area contributed by atoms with Crippen LogP contribution >= 0.6 is 27.5 Å². The highest BCUT2D eigenvalue weighted by Gasteiger charge is 2.16. The highest BCUT2D eigenvalue weighted by molar-refractivity contribution is 9.10. The van der Waals surface area contributed by atoms with Crippen molar-refractivity contribution >= 4 is 33.3 Å². The van der Waals surface area contributed by atoms with E-state index >= 15 is 0 Å². The highest BCUT2D eigenvalue weighted by Crippen LogP contribution is 2.32. The smallest absolute Gasteiger partial charge is 0.131 e. The first-order valence-corrected chi connectivity index (χ1v) is 6.86. The van der Waals surface area contributed by atoms with Crippen LogP contribution in [0.25, 0.3) is 11.3 Å². The number of nitrogen functional groups attached to an aromatic ring is 1. The van der Waals surface area contributed by atoms with Crippen LogP contribution in [0.2, 0.25) is 5.02 Å². The fourth-order valence-corrected chi connectivity index (χ4v) is 2.40. The number of hydrogen-bond acceptors (Lipinski definition) is 2. The number of hydrogen-bond donors (Lipinski definition) is 1. The van der Waals surface area contributed by atoms with Gasteiger partial charge in [0.05, 0.1) is 5.02 Å². The predicted octanol–water partition coefficient (Wildman–Crippen LogP) is 4.21. The Morgan fingerprint density at radius 1 is 1.39 bits per heavy atom. The summed E-state index contributed by atoms with van der Waals surface area (Å²) in [5, 5.41) is 0.678. The monoisotopic (exact) mass is 327 g/mol. The van der Waals surface area contributed by atoms with Crippen molar-refractivity contribution in [2.45, 2.75) is 19.8 Å². The second-order valence-electron chi connectivity index (χ2n) is 4.55. The summed E-state index contributed by atoms with van der Waals surface area (Å²) in [6.07, 6.45) is 0.